The number of ether oxygens (including phenoxy) is 1. The molecule has 0 aromatic carbocycles. The molecule has 1 aromatic heterocycles. The SMILES string of the molecule is CN(C)c1ncccc1CNCC1CCOC1. The molecule has 1 atom stereocenters. The first-order valence-corrected chi connectivity index (χ1v) is 6.17. The van der Waals surface area contributed by atoms with Crippen molar-refractivity contribution >= 4 is 5.82 Å². The molecule has 0 spiro atoms. The summed E-state index contributed by atoms with van der Waals surface area (Å²) in [5, 5.41) is 3.49. The zero-order chi connectivity index (χ0) is 12.1. The van der Waals surface area contributed by atoms with E-state index in [9.17, 15) is 0 Å². The Balaban J connectivity index is 1.85. The number of hydrogen-bond donors (Lipinski definition) is 1. The maximum atomic E-state index is 5.36. The Bertz CT molecular complexity index is 348. The Morgan fingerprint density at radius 2 is 2.41 bits per heavy atom. The van der Waals surface area contributed by atoms with Gasteiger partial charge in [-0.25, -0.2) is 4.98 Å². The standard InChI is InChI=1S/C13H21N3O/c1-16(2)13-12(4-3-6-15-13)9-14-8-11-5-7-17-10-11/h3-4,6,11,14H,5,7-10H2,1-2H3. The van der Waals surface area contributed by atoms with E-state index in [-0.39, 0.29) is 0 Å². The van der Waals surface area contributed by atoms with Crippen LogP contribution in [-0.4, -0.2) is 38.8 Å². The van der Waals surface area contributed by atoms with Crippen LogP contribution in [-0.2, 0) is 11.3 Å². The van der Waals surface area contributed by atoms with Crippen LogP contribution in [0.3, 0.4) is 0 Å². The van der Waals surface area contributed by atoms with E-state index in [0.717, 1.165) is 32.1 Å². The number of rotatable bonds is 5. The predicted molar refractivity (Wildman–Crippen MR) is 69.2 cm³/mol. The average molecular weight is 235 g/mol. The summed E-state index contributed by atoms with van der Waals surface area (Å²) in [5.74, 6) is 1.72. The van der Waals surface area contributed by atoms with Crippen LogP contribution in [0.15, 0.2) is 18.3 Å². The van der Waals surface area contributed by atoms with E-state index >= 15 is 0 Å². The molecular weight excluding hydrogens is 214 g/mol. The van der Waals surface area contributed by atoms with E-state index < -0.39 is 0 Å². The van der Waals surface area contributed by atoms with Crippen molar-refractivity contribution < 1.29 is 4.74 Å². The lowest BCUT2D eigenvalue weighted by atomic mass is 10.1. The second kappa shape index (κ2) is 5.98. The second-order valence-electron chi connectivity index (χ2n) is 4.74. The molecule has 1 N–H and O–H groups in total. The summed E-state index contributed by atoms with van der Waals surface area (Å²) in [7, 11) is 4.05. The Morgan fingerprint density at radius 3 is 3.12 bits per heavy atom. The molecule has 1 fully saturated rings. The maximum Gasteiger partial charge on any atom is 0.132 e. The molecule has 0 radical (unpaired) electrons. The van der Waals surface area contributed by atoms with E-state index in [1.165, 1.54) is 12.0 Å². The smallest absolute Gasteiger partial charge is 0.132 e. The van der Waals surface area contributed by atoms with Crippen LogP contribution in [0.25, 0.3) is 0 Å². The van der Waals surface area contributed by atoms with Gasteiger partial charge in [0.25, 0.3) is 0 Å². The summed E-state index contributed by atoms with van der Waals surface area (Å²) in [5.41, 5.74) is 1.25. The van der Waals surface area contributed by atoms with Gasteiger partial charge in [0.05, 0.1) is 6.61 Å². The van der Waals surface area contributed by atoms with Crippen LogP contribution in [0.4, 0.5) is 5.82 Å². The highest BCUT2D eigenvalue weighted by molar-refractivity contribution is 5.44. The van der Waals surface area contributed by atoms with Crippen molar-refractivity contribution in [1.29, 1.82) is 0 Å². The minimum absolute atomic E-state index is 0.675. The number of hydrogen-bond acceptors (Lipinski definition) is 4. The van der Waals surface area contributed by atoms with Gasteiger partial charge in [-0.1, -0.05) is 6.07 Å². The molecule has 0 aliphatic carbocycles. The van der Waals surface area contributed by atoms with Crippen LogP contribution in [0.2, 0.25) is 0 Å². The van der Waals surface area contributed by atoms with Gasteiger partial charge in [0.2, 0.25) is 0 Å². The first-order valence-electron chi connectivity index (χ1n) is 6.17. The molecule has 0 bridgehead atoms. The molecular formula is C13H21N3O. The summed E-state index contributed by atoms with van der Waals surface area (Å²) >= 11 is 0. The summed E-state index contributed by atoms with van der Waals surface area (Å²) < 4.78 is 5.36. The molecule has 1 aliphatic heterocycles. The number of nitrogens with one attached hydrogen (secondary N) is 1. The molecule has 2 rings (SSSR count). The van der Waals surface area contributed by atoms with Crippen molar-refractivity contribution in [2.45, 2.75) is 13.0 Å². The molecule has 1 aromatic rings. The molecule has 4 heteroatoms. The van der Waals surface area contributed by atoms with Crippen LogP contribution in [0.5, 0.6) is 0 Å². The minimum atomic E-state index is 0.675. The van der Waals surface area contributed by atoms with Crippen molar-refractivity contribution in [2.24, 2.45) is 5.92 Å². The van der Waals surface area contributed by atoms with Gasteiger partial charge in [-0.05, 0) is 18.4 Å². The van der Waals surface area contributed by atoms with Gasteiger partial charge in [-0.3, -0.25) is 0 Å². The fraction of sp³-hybridized carbons (Fsp3) is 0.615. The molecule has 94 valence electrons. The average Bonchev–Trinajstić information content (AvgIpc) is 2.82. The van der Waals surface area contributed by atoms with Gasteiger partial charge < -0.3 is 15.0 Å². The third kappa shape index (κ3) is 3.41. The first-order chi connectivity index (χ1) is 8.27. The van der Waals surface area contributed by atoms with Gasteiger partial charge in [0, 0.05) is 45.6 Å². The van der Waals surface area contributed by atoms with Crippen LogP contribution in [0.1, 0.15) is 12.0 Å². The van der Waals surface area contributed by atoms with Crippen molar-refractivity contribution in [3.05, 3.63) is 23.9 Å². The lowest BCUT2D eigenvalue weighted by Gasteiger charge is -2.16. The largest absolute Gasteiger partial charge is 0.381 e. The van der Waals surface area contributed by atoms with Crippen molar-refractivity contribution in [3.8, 4) is 0 Å². The number of pyridine rings is 1. The van der Waals surface area contributed by atoms with Gasteiger partial charge in [0.15, 0.2) is 0 Å². The van der Waals surface area contributed by atoms with Gasteiger partial charge >= 0.3 is 0 Å². The van der Waals surface area contributed by atoms with Gasteiger partial charge in [0.1, 0.15) is 5.82 Å². The van der Waals surface area contributed by atoms with Crippen LogP contribution >= 0.6 is 0 Å². The summed E-state index contributed by atoms with van der Waals surface area (Å²) in [6.07, 6.45) is 3.02. The first kappa shape index (κ1) is 12.3. The molecule has 1 aliphatic rings. The fourth-order valence-corrected chi connectivity index (χ4v) is 2.13. The molecule has 4 nitrogen and oxygen atoms in total. The summed E-state index contributed by atoms with van der Waals surface area (Å²) in [6.45, 7) is 3.72. The number of nitrogens with zero attached hydrogens (tertiary/aromatic N) is 2. The van der Waals surface area contributed by atoms with Crippen molar-refractivity contribution in [1.82, 2.24) is 10.3 Å². The van der Waals surface area contributed by atoms with E-state index in [2.05, 4.69) is 21.3 Å². The van der Waals surface area contributed by atoms with E-state index in [1.54, 1.807) is 0 Å². The minimum Gasteiger partial charge on any atom is -0.381 e. The highest BCUT2D eigenvalue weighted by Crippen LogP contribution is 2.15. The Morgan fingerprint density at radius 1 is 1.53 bits per heavy atom. The van der Waals surface area contributed by atoms with Crippen LogP contribution < -0.4 is 10.2 Å². The third-order valence-electron chi connectivity index (χ3n) is 3.06. The van der Waals surface area contributed by atoms with Crippen molar-refractivity contribution in [3.63, 3.8) is 0 Å². The third-order valence-corrected chi connectivity index (χ3v) is 3.06. The molecule has 0 saturated carbocycles. The Hall–Kier alpha value is -1.13. The highest BCUT2D eigenvalue weighted by atomic mass is 16.5. The monoisotopic (exact) mass is 235 g/mol. The quantitative estimate of drug-likeness (QED) is 0.834. The molecule has 1 unspecified atom stereocenters. The predicted octanol–water partition coefficient (Wildman–Crippen LogP) is 1.27. The molecule has 1 saturated heterocycles. The number of aromatic nitrogens is 1. The molecule has 2 heterocycles. The summed E-state index contributed by atoms with van der Waals surface area (Å²) in [4.78, 5) is 6.44. The highest BCUT2D eigenvalue weighted by Gasteiger charge is 2.15. The Labute approximate surface area is 103 Å². The summed E-state index contributed by atoms with van der Waals surface area (Å²) in [6, 6.07) is 4.11. The fourth-order valence-electron chi connectivity index (χ4n) is 2.13. The maximum absolute atomic E-state index is 5.36. The lowest BCUT2D eigenvalue weighted by molar-refractivity contribution is 0.185. The van der Waals surface area contributed by atoms with E-state index in [4.69, 9.17) is 4.74 Å². The normalized spacial score (nSPS) is 19.5. The molecule has 0 amide bonds. The zero-order valence-electron chi connectivity index (χ0n) is 10.6. The molecule has 17 heavy (non-hydrogen) atoms. The second-order valence-corrected chi connectivity index (χ2v) is 4.74. The Kier molecular flexibility index (Phi) is 4.34. The van der Waals surface area contributed by atoms with Gasteiger partial charge in [-0.2, -0.15) is 0 Å². The number of anilines is 1. The van der Waals surface area contributed by atoms with Gasteiger partial charge in [-0.15, -0.1) is 0 Å². The van der Waals surface area contributed by atoms with E-state index in [0.29, 0.717) is 5.92 Å². The van der Waals surface area contributed by atoms with Crippen LogP contribution in [0, 0.1) is 5.92 Å². The van der Waals surface area contributed by atoms with Crippen molar-refractivity contribution in [2.75, 3.05) is 38.8 Å². The van der Waals surface area contributed by atoms with E-state index in [1.807, 2.05) is 26.4 Å². The topological polar surface area (TPSA) is 37.4 Å². The lowest BCUT2D eigenvalue weighted by Crippen LogP contribution is -2.24. The zero-order valence-corrected chi connectivity index (χ0v) is 10.6.